The SMILES string of the molecule is CC(=O)c1ccc(SCC(=O)NCc2ccc(N3CC(C)OC(C)C3)nc2)c(F)c1. The summed E-state index contributed by atoms with van der Waals surface area (Å²) >= 11 is 1.10. The molecule has 1 aliphatic heterocycles. The van der Waals surface area contributed by atoms with Gasteiger partial charge in [0.25, 0.3) is 0 Å². The maximum Gasteiger partial charge on any atom is 0.230 e. The van der Waals surface area contributed by atoms with Gasteiger partial charge in [-0.1, -0.05) is 12.1 Å². The minimum absolute atomic E-state index is 0.0887. The molecule has 1 N–H and O–H groups in total. The molecule has 3 rings (SSSR count). The Morgan fingerprint density at radius 1 is 1.23 bits per heavy atom. The van der Waals surface area contributed by atoms with Gasteiger partial charge in [-0.15, -0.1) is 11.8 Å². The molecule has 160 valence electrons. The van der Waals surface area contributed by atoms with Gasteiger partial charge >= 0.3 is 0 Å². The smallest absolute Gasteiger partial charge is 0.230 e. The van der Waals surface area contributed by atoms with Crippen molar-refractivity contribution in [3.8, 4) is 0 Å². The van der Waals surface area contributed by atoms with Crippen molar-refractivity contribution in [3.63, 3.8) is 0 Å². The molecule has 8 heteroatoms. The van der Waals surface area contributed by atoms with Crippen LogP contribution in [0, 0.1) is 5.82 Å². The fraction of sp³-hybridized carbons (Fsp3) is 0.409. The average molecular weight is 432 g/mol. The zero-order chi connectivity index (χ0) is 21.7. The van der Waals surface area contributed by atoms with Gasteiger partial charge in [-0.2, -0.15) is 0 Å². The number of Topliss-reactive ketones (excluding diaryl/α,β-unsaturated/α-hetero) is 1. The first-order valence-corrected chi connectivity index (χ1v) is 10.9. The van der Waals surface area contributed by atoms with Gasteiger partial charge in [0, 0.05) is 36.3 Å². The number of carbonyl (C=O) groups excluding carboxylic acids is 2. The molecule has 1 fully saturated rings. The van der Waals surface area contributed by atoms with Crippen molar-refractivity contribution in [2.24, 2.45) is 0 Å². The summed E-state index contributed by atoms with van der Waals surface area (Å²) in [5.41, 5.74) is 1.21. The maximum absolute atomic E-state index is 14.0. The van der Waals surface area contributed by atoms with Crippen LogP contribution in [0.5, 0.6) is 0 Å². The molecular weight excluding hydrogens is 405 g/mol. The van der Waals surface area contributed by atoms with Crippen LogP contribution < -0.4 is 10.2 Å². The van der Waals surface area contributed by atoms with E-state index >= 15 is 0 Å². The topological polar surface area (TPSA) is 71.5 Å². The second kappa shape index (κ2) is 10.0. The molecule has 0 radical (unpaired) electrons. The Balaban J connectivity index is 1.47. The molecule has 1 aromatic carbocycles. The van der Waals surface area contributed by atoms with E-state index in [-0.39, 0.29) is 29.7 Å². The minimum atomic E-state index is -0.493. The van der Waals surface area contributed by atoms with Gasteiger partial charge in [-0.3, -0.25) is 9.59 Å². The second-order valence-corrected chi connectivity index (χ2v) is 8.47. The zero-order valence-corrected chi connectivity index (χ0v) is 18.2. The monoisotopic (exact) mass is 431 g/mol. The number of nitrogens with zero attached hydrogens (tertiary/aromatic N) is 2. The third kappa shape index (κ3) is 6.03. The Labute approximate surface area is 180 Å². The van der Waals surface area contributed by atoms with Crippen LogP contribution in [0.4, 0.5) is 10.2 Å². The van der Waals surface area contributed by atoms with E-state index in [0.717, 1.165) is 36.2 Å². The van der Waals surface area contributed by atoms with Crippen LogP contribution in [0.1, 0.15) is 36.7 Å². The van der Waals surface area contributed by atoms with Crippen molar-refractivity contribution in [1.82, 2.24) is 10.3 Å². The molecular formula is C22H26FN3O3S. The number of carbonyl (C=O) groups is 2. The first kappa shape index (κ1) is 22.2. The summed E-state index contributed by atoms with van der Waals surface area (Å²) in [5.74, 6) is 0.0976. The van der Waals surface area contributed by atoms with Crippen molar-refractivity contribution < 1.29 is 18.7 Å². The lowest BCUT2D eigenvalue weighted by molar-refractivity contribution is -0.118. The van der Waals surface area contributed by atoms with Crippen LogP contribution in [0.2, 0.25) is 0 Å². The molecule has 1 aromatic heterocycles. The Morgan fingerprint density at radius 3 is 2.57 bits per heavy atom. The molecule has 2 heterocycles. The summed E-state index contributed by atoms with van der Waals surface area (Å²) < 4.78 is 19.8. The summed E-state index contributed by atoms with van der Waals surface area (Å²) in [7, 11) is 0. The van der Waals surface area contributed by atoms with E-state index in [0.29, 0.717) is 17.0 Å². The lowest BCUT2D eigenvalue weighted by atomic mass is 10.1. The van der Waals surface area contributed by atoms with E-state index in [1.807, 2.05) is 26.0 Å². The highest BCUT2D eigenvalue weighted by Crippen LogP contribution is 2.23. The van der Waals surface area contributed by atoms with Gasteiger partial charge in [-0.05, 0) is 44.5 Å². The largest absolute Gasteiger partial charge is 0.372 e. The van der Waals surface area contributed by atoms with E-state index in [1.54, 1.807) is 12.3 Å². The maximum atomic E-state index is 14.0. The molecule has 1 saturated heterocycles. The number of amides is 1. The van der Waals surface area contributed by atoms with Crippen molar-refractivity contribution in [2.75, 3.05) is 23.7 Å². The number of ether oxygens (including phenoxy) is 1. The summed E-state index contributed by atoms with van der Waals surface area (Å²) in [4.78, 5) is 30.4. The van der Waals surface area contributed by atoms with E-state index in [4.69, 9.17) is 4.74 Å². The number of nitrogens with one attached hydrogen (secondary N) is 1. The van der Waals surface area contributed by atoms with Gasteiger partial charge in [0.15, 0.2) is 5.78 Å². The molecule has 6 nitrogen and oxygen atoms in total. The molecule has 0 saturated carbocycles. The molecule has 30 heavy (non-hydrogen) atoms. The molecule has 0 bridgehead atoms. The van der Waals surface area contributed by atoms with Crippen LogP contribution in [0.25, 0.3) is 0 Å². The fourth-order valence-electron chi connectivity index (χ4n) is 3.31. The number of hydrogen-bond acceptors (Lipinski definition) is 6. The predicted molar refractivity (Wildman–Crippen MR) is 115 cm³/mol. The summed E-state index contributed by atoms with van der Waals surface area (Å²) in [6.07, 6.45) is 2.08. The van der Waals surface area contributed by atoms with E-state index in [2.05, 4.69) is 15.2 Å². The van der Waals surface area contributed by atoms with Crippen molar-refractivity contribution in [2.45, 2.75) is 44.4 Å². The number of rotatable bonds is 7. The molecule has 0 spiro atoms. The Bertz CT molecular complexity index is 897. The highest BCUT2D eigenvalue weighted by molar-refractivity contribution is 8.00. The number of morpholine rings is 1. The number of ketones is 1. The summed E-state index contributed by atoms with van der Waals surface area (Å²) in [6.45, 7) is 7.44. The zero-order valence-electron chi connectivity index (χ0n) is 17.4. The number of benzene rings is 1. The first-order chi connectivity index (χ1) is 14.3. The van der Waals surface area contributed by atoms with Crippen LogP contribution in [0.3, 0.4) is 0 Å². The Hall–Kier alpha value is -2.45. The number of anilines is 1. The molecule has 1 aliphatic rings. The van der Waals surface area contributed by atoms with E-state index < -0.39 is 5.82 Å². The van der Waals surface area contributed by atoms with E-state index in [1.165, 1.54) is 19.1 Å². The molecule has 2 unspecified atom stereocenters. The number of hydrogen-bond donors (Lipinski definition) is 1. The van der Waals surface area contributed by atoms with Crippen LogP contribution in [-0.4, -0.2) is 47.7 Å². The number of aromatic nitrogens is 1. The third-order valence-electron chi connectivity index (χ3n) is 4.74. The van der Waals surface area contributed by atoms with Gasteiger partial charge in [0.2, 0.25) is 5.91 Å². The summed E-state index contributed by atoms with van der Waals surface area (Å²) in [6, 6.07) is 8.19. The normalized spacial score (nSPS) is 18.9. The first-order valence-electron chi connectivity index (χ1n) is 9.87. The van der Waals surface area contributed by atoms with Gasteiger partial charge in [0.05, 0.1) is 18.0 Å². The van der Waals surface area contributed by atoms with Crippen LogP contribution >= 0.6 is 11.8 Å². The minimum Gasteiger partial charge on any atom is -0.372 e. The van der Waals surface area contributed by atoms with Crippen LogP contribution in [0.15, 0.2) is 41.4 Å². The van der Waals surface area contributed by atoms with Crippen molar-refractivity contribution >= 4 is 29.3 Å². The Kier molecular flexibility index (Phi) is 7.44. The molecule has 2 aromatic rings. The highest BCUT2D eigenvalue weighted by atomic mass is 32.2. The number of halogens is 1. The van der Waals surface area contributed by atoms with Crippen molar-refractivity contribution in [3.05, 3.63) is 53.5 Å². The average Bonchev–Trinajstić information content (AvgIpc) is 2.71. The molecule has 0 aliphatic carbocycles. The predicted octanol–water partition coefficient (Wildman–Crippen LogP) is 3.45. The van der Waals surface area contributed by atoms with Gasteiger partial charge in [0.1, 0.15) is 11.6 Å². The molecule has 1 amide bonds. The van der Waals surface area contributed by atoms with E-state index in [9.17, 15) is 14.0 Å². The fourth-order valence-corrected chi connectivity index (χ4v) is 4.05. The number of pyridine rings is 1. The highest BCUT2D eigenvalue weighted by Gasteiger charge is 2.23. The van der Waals surface area contributed by atoms with Crippen molar-refractivity contribution in [1.29, 1.82) is 0 Å². The van der Waals surface area contributed by atoms with Crippen LogP contribution in [-0.2, 0) is 16.1 Å². The Morgan fingerprint density at radius 2 is 1.97 bits per heavy atom. The summed E-state index contributed by atoms with van der Waals surface area (Å²) in [5, 5.41) is 2.82. The standard InChI is InChI=1S/C22H26FN3O3S/c1-14-11-26(12-15(2)29-14)21-7-4-17(9-24-21)10-25-22(28)13-30-20-6-5-18(16(3)27)8-19(20)23/h4-9,14-15H,10-13H2,1-3H3,(H,25,28). The number of thioether (sulfide) groups is 1. The lowest BCUT2D eigenvalue weighted by Crippen LogP contribution is -2.45. The van der Waals surface area contributed by atoms with Gasteiger partial charge < -0.3 is 15.0 Å². The quantitative estimate of drug-likeness (QED) is 0.535. The lowest BCUT2D eigenvalue weighted by Gasteiger charge is -2.36. The molecule has 2 atom stereocenters. The van der Waals surface area contributed by atoms with Gasteiger partial charge in [-0.25, -0.2) is 9.37 Å². The second-order valence-electron chi connectivity index (χ2n) is 7.45. The third-order valence-corrected chi connectivity index (χ3v) is 5.79.